The van der Waals surface area contributed by atoms with E-state index in [0.717, 1.165) is 135 Å². The number of unbranched alkanes of at least 4 members (excludes halogenated alkanes) is 21. The Bertz CT molecular complexity index is 1530. The Hall–Kier alpha value is -3.34. The molecule has 414 valence electrons. The molecule has 12 heteroatoms. The summed E-state index contributed by atoms with van der Waals surface area (Å²) in [4.78, 5) is 48.5. The zero-order chi connectivity index (χ0) is 52.7. The monoisotopic (exact) mass is 1030 g/mol. The lowest BCUT2D eigenvalue weighted by molar-refractivity contribution is -0.161. The molecule has 0 bridgehead atoms. The summed E-state index contributed by atoms with van der Waals surface area (Å²) in [5, 5.41) is 9.80. The molecule has 3 unspecified atom stereocenters. The van der Waals surface area contributed by atoms with Crippen molar-refractivity contribution < 1.29 is 52.2 Å². The highest BCUT2D eigenvalue weighted by atomic mass is 31.2. The van der Waals surface area contributed by atoms with Gasteiger partial charge in [0.2, 0.25) is 0 Å². The number of carbonyl (C=O) groups excluding carboxylic acids is 3. The van der Waals surface area contributed by atoms with Crippen LogP contribution in [0.3, 0.4) is 0 Å². The number of ether oxygens (including phenoxy) is 3. The van der Waals surface area contributed by atoms with Crippen molar-refractivity contribution in [2.45, 2.75) is 251 Å². The van der Waals surface area contributed by atoms with Crippen molar-refractivity contribution in [3.63, 3.8) is 0 Å². The van der Waals surface area contributed by atoms with Gasteiger partial charge in [0.15, 0.2) is 6.10 Å². The number of phosphoric acid groups is 1. The molecule has 0 aliphatic heterocycles. The quantitative estimate of drug-likeness (QED) is 0.0197. The number of hydrogen-bond donors (Lipinski definition) is 2. The lowest BCUT2D eigenvalue weighted by atomic mass is 10.1. The predicted molar refractivity (Wildman–Crippen MR) is 298 cm³/mol. The first kappa shape index (κ1) is 68.7. The van der Waals surface area contributed by atoms with Crippen molar-refractivity contribution in [1.29, 1.82) is 0 Å². The third kappa shape index (κ3) is 51.6. The second kappa shape index (κ2) is 53.9. The van der Waals surface area contributed by atoms with Gasteiger partial charge >= 0.3 is 25.7 Å². The predicted octanol–water partition coefficient (Wildman–Crippen LogP) is 16.7. The lowest BCUT2D eigenvalue weighted by Gasteiger charge is -2.21. The normalized spacial score (nSPS) is 14.0. The van der Waals surface area contributed by atoms with Crippen molar-refractivity contribution in [2.75, 3.05) is 26.4 Å². The van der Waals surface area contributed by atoms with Crippen LogP contribution in [0.25, 0.3) is 0 Å². The molecule has 0 aliphatic carbocycles. The average Bonchev–Trinajstić information content (AvgIpc) is 3.37. The summed E-state index contributed by atoms with van der Waals surface area (Å²) in [6.07, 6.45) is 61.1. The molecule has 2 N–H and O–H groups in total. The van der Waals surface area contributed by atoms with Crippen molar-refractivity contribution in [2.24, 2.45) is 0 Å². The molecule has 0 rings (SSSR count). The number of carbonyl (C=O) groups is 3. The van der Waals surface area contributed by atoms with E-state index < -0.39 is 57.8 Å². The summed E-state index contributed by atoms with van der Waals surface area (Å²) in [6, 6.07) is 0. The van der Waals surface area contributed by atoms with Gasteiger partial charge in [-0.1, -0.05) is 215 Å². The van der Waals surface area contributed by atoms with Gasteiger partial charge in [0.1, 0.15) is 12.7 Å². The van der Waals surface area contributed by atoms with E-state index in [2.05, 4.69) is 106 Å². The number of allylic oxidation sites excluding steroid dienone is 14. The second-order valence-electron chi connectivity index (χ2n) is 18.7. The molecule has 0 saturated heterocycles. The van der Waals surface area contributed by atoms with Crippen LogP contribution in [0.4, 0.5) is 0 Å². The molecule has 3 atom stereocenters. The molecule has 0 heterocycles. The summed E-state index contributed by atoms with van der Waals surface area (Å²) >= 11 is 0. The Morgan fingerprint density at radius 2 is 0.722 bits per heavy atom. The number of esters is 3. The standard InChI is InChI=1S/C60H103O11P/c1-4-7-10-13-16-19-22-24-26-27-28-29-31-33-36-39-42-45-48-51-60(64)71-57(53-67-58(62)49-46-43-40-37-34-21-18-15-12-9-6-3)55-69-72(65,66)68-54-56(52-61)70-59(63)50-47-44-41-38-35-32-30-25-23-20-17-14-11-8-5-2/h7-8,10-11,16-17,19-20,24-26,28-30,56-57,61H,4-6,9,12-15,18,21-23,27,31-55H2,1-3H3,(H,65,66)/b10-7-,11-8-,19-16-,20-17-,26-24-,29-28-,30-25-. The van der Waals surface area contributed by atoms with Crippen LogP contribution in [0.5, 0.6) is 0 Å². The molecule has 0 aromatic rings. The second-order valence-corrected chi connectivity index (χ2v) is 20.1. The fourth-order valence-electron chi connectivity index (χ4n) is 7.54. The summed E-state index contributed by atoms with van der Waals surface area (Å²) in [6.45, 7) is 4.38. The maximum atomic E-state index is 12.9. The minimum atomic E-state index is -4.76. The van der Waals surface area contributed by atoms with Gasteiger partial charge in [0.25, 0.3) is 0 Å². The number of rotatable bonds is 52. The summed E-state index contributed by atoms with van der Waals surface area (Å²) in [7, 11) is -4.76. The van der Waals surface area contributed by atoms with E-state index in [1.807, 2.05) is 0 Å². The highest BCUT2D eigenvalue weighted by Crippen LogP contribution is 2.43. The average molecular weight is 1030 g/mol. The molecule has 0 aliphatic rings. The van der Waals surface area contributed by atoms with Crippen LogP contribution in [-0.4, -0.2) is 66.5 Å². The Balaban J connectivity index is 4.73. The minimum Gasteiger partial charge on any atom is -0.462 e. The van der Waals surface area contributed by atoms with E-state index in [-0.39, 0.29) is 25.9 Å². The molecule has 72 heavy (non-hydrogen) atoms. The molecule has 11 nitrogen and oxygen atoms in total. The van der Waals surface area contributed by atoms with Gasteiger partial charge in [-0.2, -0.15) is 0 Å². The van der Waals surface area contributed by atoms with Crippen LogP contribution in [-0.2, 0) is 42.2 Å². The number of hydrogen-bond acceptors (Lipinski definition) is 10. The van der Waals surface area contributed by atoms with Gasteiger partial charge in [-0.15, -0.1) is 0 Å². The smallest absolute Gasteiger partial charge is 0.462 e. The molecule has 0 aromatic heterocycles. The van der Waals surface area contributed by atoms with E-state index in [0.29, 0.717) is 19.3 Å². The fourth-order valence-corrected chi connectivity index (χ4v) is 8.32. The number of aliphatic hydroxyl groups excluding tert-OH is 1. The Labute approximate surface area is 439 Å². The van der Waals surface area contributed by atoms with Gasteiger partial charge in [0, 0.05) is 19.3 Å². The Morgan fingerprint density at radius 3 is 1.11 bits per heavy atom. The summed E-state index contributed by atoms with van der Waals surface area (Å²) < 4.78 is 39.5. The van der Waals surface area contributed by atoms with E-state index in [4.69, 9.17) is 23.3 Å². The first-order chi connectivity index (χ1) is 35.2. The van der Waals surface area contributed by atoms with Crippen LogP contribution >= 0.6 is 7.82 Å². The first-order valence-corrected chi connectivity index (χ1v) is 30.0. The van der Waals surface area contributed by atoms with Gasteiger partial charge in [-0.3, -0.25) is 23.4 Å². The summed E-state index contributed by atoms with van der Waals surface area (Å²) in [5.41, 5.74) is 0. The first-order valence-electron chi connectivity index (χ1n) is 28.5. The minimum absolute atomic E-state index is 0.149. The topological polar surface area (TPSA) is 155 Å². The van der Waals surface area contributed by atoms with Crippen LogP contribution in [0.1, 0.15) is 239 Å². The van der Waals surface area contributed by atoms with Crippen molar-refractivity contribution in [3.05, 3.63) is 85.1 Å². The van der Waals surface area contributed by atoms with Crippen molar-refractivity contribution in [1.82, 2.24) is 0 Å². The van der Waals surface area contributed by atoms with Gasteiger partial charge < -0.3 is 24.2 Å². The SMILES string of the molecule is CC/C=C\C/C=C\C/C=C\C/C=C\CCCCCCCCC(=O)OC(COC(=O)CCCCCCCCCCCCC)COP(=O)(O)OCC(CO)OC(=O)CCCCCCC/C=C\C/C=C\C/C=C\CC. The number of aliphatic hydroxyl groups is 1. The molecule has 0 fully saturated rings. The van der Waals surface area contributed by atoms with E-state index in [1.165, 1.54) is 44.9 Å². The van der Waals surface area contributed by atoms with Crippen LogP contribution < -0.4 is 0 Å². The van der Waals surface area contributed by atoms with Crippen molar-refractivity contribution in [3.8, 4) is 0 Å². The Morgan fingerprint density at radius 1 is 0.403 bits per heavy atom. The third-order valence-corrected chi connectivity index (χ3v) is 12.8. The van der Waals surface area contributed by atoms with Crippen LogP contribution in [0.15, 0.2) is 85.1 Å². The molecule has 0 radical (unpaired) electrons. The molecule has 0 amide bonds. The number of phosphoric ester groups is 1. The zero-order valence-corrected chi connectivity index (χ0v) is 46.5. The molecule has 0 saturated carbocycles. The van der Waals surface area contributed by atoms with E-state index >= 15 is 0 Å². The Kier molecular flexibility index (Phi) is 51.4. The molecular formula is C60H103O11P. The molecule has 0 spiro atoms. The highest BCUT2D eigenvalue weighted by molar-refractivity contribution is 7.47. The van der Waals surface area contributed by atoms with Crippen LogP contribution in [0.2, 0.25) is 0 Å². The largest absolute Gasteiger partial charge is 0.472 e. The lowest BCUT2D eigenvalue weighted by Crippen LogP contribution is -2.30. The van der Waals surface area contributed by atoms with Crippen molar-refractivity contribution >= 4 is 25.7 Å². The molecular weight excluding hydrogens is 928 g/mol. The van der Waals surface area contributed by atoms with Gasteiger partial charge in [-0.25, -0.2) is 4.57 Å². The maximum absolute atomic E-state index is 12.9. The zero-order valence-electron chi connectivity index (χ0n) is 45.6. The van der Waals surface area contributed by atoms with E-state index in [1.54, 1.807) is 0 Å². The van der Waals surface area contributed by atoms with Crippen LogP contribution in [0, 0.1) is 0 Å². The van der Waals surface area contributed by atoms with Gasteiger partial charge in [0.05, 0.1) is 19.8 Å². The molecule has 0 aromatic carbocycles. The summed E-state index contributed by atoms with van der Waals surface area (Å²) in [5.74, 6) is -1.50. The maximum Gasteiger partial charge on any atom is 0.472 e. The highest BCUT2D eigenvalue weighted by Gasteiger charge is 2.28. The van der Waals surface area contributed by atoms with E-state index in [9.17, 15) is 28.9 Å². The van der Waals surface area contributed by atoms with Gasteiger partial charge in [-0.05, 0) is 89.9 Å². The third-order valence-electron chi connectivity index (χ3n) is 11.8. The fraction of sp³-hybridized carbons (Fsp3) is 0.717.